The van der Waals surface area contributed by atoms with E-state index < -0.39 is 10.0 Å². The van der Waals surface area contributed by atoms with Gasteiger partial charge in [-0.3, -0.25) is 4.79 Å². The van der Waals surface area contributed by atoms with Crippen LogP contribution in [-0.4, -0.2) is 69.0 Å². The molecule has 2 saturated heterocycles. The van der Waals surface area contributed by atoms with Crippen LogP contribution >= 0.6 is 0 Å². The number of nitrogens with one attached hydrogen (secondary N) is 1. The Morgan fingerprint density at radius 3 is 2.43 bits per heavy atom. The number of rotatable bonds is 5. The second-order valence-corrected chi connectivity index (χ2v) is 9.40. The van der Waals surface area contributed by atoms with E-state index in [9.17, 15) is 13.2 Å². The molecule has 2 atom stereocenters. The van der Waals surface area contributed by atoms with Gasteiger partial charge in [0.15, 0.2) is 0 Å². The van der Waals surface area contributed by atoms with Crippen molar-refractivity contribution in [3.63, 3.8) is 0 Å². The Hall–Kier alpha value is -1.97. The maximum atomic E-state index is 13.1. The number of amides is 1. The normalized spacial score (nSPS) is 26.6. The maximum absolute atomic E-state index is 13.1. The molecule has 0 radical (unpaired) electrons. The summed E-state index contributed by atoms with van der Waals surface area (Å²) in [4.78, 5) is 18.3. The minimum absolute atomic E-state index is 0.0111. The number of ether oxygens (including phenoxy) is 1. The number of piperidine rings is 1. The van der Waals surface area contributed by atoms with Crippen LogP contribution in [0.15, 0.2) is 35.9 Å². The molecule has 0 aliphatic carbocycles. The maximum Gasteiger partial charge on any atom is 0.244 e. The standard InChI is InChI=1S/C19H28N4O4S/c1-4-18(24)21-19-14(2)12-23(13-15(19)3)28(25,26)16-5-6-17(20-11-16)22-7-9-27-10-8-22/h4-6,11,14-15,19H,1,7-10,12-13H2,2-3H3,(H,21,24). The van der Waals surface area contributed by atoms with Crippen LogP contribution in [0.1, 0.15) is 13.8 Å². The Balaban J connectivity index is 1.72. The van der Waals surface area contributed by atoms with E-state index in [4.69, 9.17) is 4.74 Å². The molecule has 2 fully saturated rings. The first-order valence-corrected chi connectivity index (χ1v) is 11.0. The lowest BCUT2D eigenvalue weighted by Crippen LogP contribution is -2.55. The van der Waals surface area contributed by atoms with E-state index in [0.29, 0.717) is 26.3 Å². The van der Waals surface area contributed by atoms with Gasteiger partial charge in [0.1, 0.15) is 10.7 Å². The average Bonchev–Trinajstić information content (AvgIpc) is 2.71. The second-order valence-electron chi connectivity index (χ2n) is 7.47. The molecular weight excluding hydrogens is 380 g/mol. The topological polar surface area (TPSA) is 91.8 Å². The summed E-state index contributed by atoms with van der Waals surface area (Å²) in [5.41, 5.74) is 0. The van der Waals surface area contributed by atoms with E-state index >= 15 is 0 Å². The molecule has 9 heteroatoms. The summed E-state index contributed by atoms with van der Waals surface area (Å²) in [6.07, 6.45) is 2.67. The number of anilines is 1. The van der Waals surface area contributed by atoms with Crippen molar-refractivity contribution < 1.29 is 17.9 Å². The third kappa shape index (κ3) is 4.37. The molecule has 8 nitrogen and oxygen atoms in total. The number of carbonyl (C=O) groups excluding carboxylic acids is 1. The van der Waals surface area contributed by atoms with Crippen LogP contribution in [0.2, 0.25) is 0 Å². The van der Waals surface area contributed by atoms with Gasteiger partial charge in [-0.05, 0) is 30.0 Å². The summed E-state index contributed by atoms with van der Waals surface area (Å²) >= 11 is 0. The zero-order chi connectivity index (χ0) is 20.3. The van der Waals surface area contributed by atoms with Gasteiger partial charge in [-0.1, -0.05) is 20.4 Å². The lowest BCUT2D eigenvalue weighted by atomic mass is 9.87. The number of aromatic nitrogens is 1. The average molecular weight is 409 g/mol. The Morgan fingerprint density at radius 2 is 1.89 bits per heavy atom. The third-order valence-electron chi connectivity index (χ3n) is 5.40. The Kier molecular flexibility index (Phi) is 6.36. The minimum atomic E-state index is -3.64. The van der Waals surface area contributed by atoms with Gasteiger partial charge in [0.05, 0.1) is 13.2 Å². The summed E-state index contributed by atoms with van der Waals surface area (Å²) < 4.78 is 33.0. The molecule has 2 unspecified atom stereocenters. The highest BCUT2D eigenvalue weighted by molar-refractivity contribution is 7.89. The minimum Gasteiger partial charge on any atom is -0.378 e. The number of nitrogens with zero attached hydrogens (tertiary/aromatic N) is 3. The van der Waals surface area contributed by atoms with Gasteiger partial charge in [0.25, 0.3) is 0 Å². The summed E-state index contributed by atoms with van der Waals surface area (Å²) in [6.45, 7) is 10.9. The third-order valence-corrected chi connectivity index (χ3v) is 7.21. The molecule has 154 valence electrons. The van der Waals surface area contributed by atoms with Gasteiger partial charge in [0, 0.05) is 38.4 Å². The first-order chi connectivity index (χ1) is 13.3. The fraction of sp³-hybridized carbons (Fsp3) is 0.579. The van der Waals surface area contributed by atoms with Crippen LogP contribution < -0.4 is 10.2 Å². The van der Waals surface area contributed by atoms with Gasteiger partial charge in [-0.25, -0.2) is 13.4 Å². The molecule has 2 aliphatic heterocycles. The molecule has 0 spiro atoms. The number of carbonyl (C=O) groups is 1. The number of sulfonamides is 1. The van der Waals surface area contributed by atoms with E-state index in [1.165, 1.54) is 16.6 Å². The van der Waals surface area contributed by atoms with E-state index in [1.54, 1.807) is 12.1 Å². The monoisotopic (exact) mass is 408 g/mol. The fourth-order valence-electron chi connectivity index (χ4n) is 3.86. The lowest BCUT2D eigenvalue weighted by Gasteiger charge is -2.40. The van der Waals surface area contributed by atoms with E-state index in [0.717, 1.165) is 18.9 Å². The van der Waals surface area contributed by atoms with Gasteiger partial charge in [-0.2, -0.15) is 4.31 Å². The molecule has 3 rings (SSSR count). The van der Waals surface area contributed by atoms with Gasteiger partial charge < -0.3 is 15.0 Å². The van der Waals surface area contributed by atoms with Crippen molar-refractivity contribution in [1.82, 2.24) is 14.6 Å². The summed E-state index contributed by atoms with van der Waals surface area (Å²) in [5.74, 6) is 0.503. The van der Waals surface area contributed by atoms with Crippen LogP contribution in [0.25, 0.3) is 0 Å². The number of hydrogen-bond acceptors (Lipinski definition) is 6. The molecule has 28 heavy (non-hydrogen) atoms. The van der Waals surface area contributed by atoms with Crippen LogP contribution in [0.5, 0.6) is 0 Å². The summed E-state index contributed by atoms with van der Waals surface area (Å²) in [7, 11) is -3.64. The molecule has 1 amide bonds. The largest absolute Gasteiger partial charge is 0.378 e. The van der Waals surface area contributed by atoms with Crippen molar-refractivity contribution >= 4 is 21.7 Å². The van der Waals surface area contributed by atoms with Gasteiger partial charge in [0.2, 0.25) is 15.9 Å². The predicted octanol–water partition coefficient (Wildman–Crippen LogP) is 0.865. The van der Waals surface area contributed by atoms with Crippen molar-refractivity contribution in [2.75, 3.05) is 44.3 Å². The first kappa shape index (κ1) is 20.8. The highest BCUT2D eigenvalue weighted by Crippen LogP contribution is 2.27. The van der Waals surface area contributed by atoms with Crippen molar-refractivity contribution in [1.29, 1.82) is 0 Å². The van der Waals surface area contributed by atoms with E-state index in [-0.39, 0.29) is 28.7 Å². The molecule has 0 saturated carbocycles. The van der Waals surface area contributed by atoms with Crippen molar-refractivity contribution in [2.45, 2.75) is 24.8 Å². The first-order valence-electron chi connectivity index (χ1n) is 9.54. The molecule has 0 aromatic carbocycles. The highest BCUT2D eigenvalue weighted by Gasteiger charge is 2.38. The van der Waals surface area contributed by atoms with Crippen LogP contribution in [-0.2, 0) is 19.6 Å². The molecule has 0 bridgehead atoms. The second kappa shape index (κ2) is 8.59. The lowest BCUT2D eigenvalue weighted by molar-refractivity contribution is -0.118. The molecular formula is C19H28N4O4S. The fourth-order valence-corrected chi connectivity index (χ4v) is 5.45. The Morgan fingerprint density at radius 1 is 1.25 bits per heavy atom. The molecule has 1 aromatic heterocycles. The van der Waals surface area contributed by atoms with Crippen LogP contribution in [0, 0.1) is 11.8 Å². The van der Waals surface area contributed by atoms with E-state index in [2.05, 4.69) is 21.8 Å². The van der Waals surface area contributed by atoms with Crippen molar-refractivity contribution in [2.24, 2.45) is 11.8 Å². The quantitative estimate of drug-likeness (QED) is 0.727. The SMILES string of the molecule is C=CC(=O)NC1C(C)CN(S(=O)(=O)c2ccc(N3CCOCC3)nc2)CC1C. The number of morpholine rings is 1. The van der Waals surface area contributed by atoms with Gasteiger partial charge >= 0.3 is 0 Å². The highest BCUT2D eigenvalue weighted by atomic mass is 32.2. The summed E-state index contributed by atoms with van der Waals surface area (Å²) in [6, 6.07) is 3.29. The van der Waals surface area contributed by atoms with Crippen molar-refractivity contribution in [3.8, 4) is 0 Å². The van der Waals surface area contributed by atoms with E-state index in [1.807, 2.05) is 13.8 Å². The number of hydrogen-bond donors (Lipinski definition) is 1. The van der Waals surface area contributed by atoms with Crippen LogP contribution in [0.4, 0.5) is 5.82 Å². The van der Waals surface area contributed by atoms with Gasteiger partial charge in [-0.15, -0.1) is 0 Å². The molecule has 3 heterocycles. The smallest absolute Gasteiger partial charge is 0.244 e. The predicted molar refractivity (Wildman–Crippen MR) is 106 cm³/mol. The Labute approximate surface area is 166 Å². The molecule has 2 aliphatic rings. The number of pyridine rings is 1. The Bertz CT molecular complexity index is 794. The zero-order valence-corrected chi connectivity index (χ0v) is 17.2. The van der Waals surface area contributed by atoms with Crippen LogP contribution in [0.3, 0.4) is 0 Å². The summed E-state index contributed by atoms with van der Waals surface area (Å²) in [5, 5.41) is 2.92. The molecule has 1 aromatic rings. The van der Waals surface area contributed by atoms with Crippen molar-refractivity contribution in [3.05, 3.63) is 31.0 Å². The zero-order valence-electron chi connectivity index (χ0n) is 16.4. The molecule has 1 N–H and O–H groups in total.